The molecule has 0 unspecified atom stereocenters. The van der Waals surface area contributed by atoms with Gasteiger partial charge in [-0.15, -0.1) is 0 Å². The molecule has 0 radical (unpaired) electrons. The van der Waals surface area contributed by atoms with Gasteiger partial charge in [0, 0.05) is 11.0 Å². The zero-order chi connectivity index (χ0) is 25.4. The Morgan fingerprint density at radius 2 is 1.89 bits per heavy atom. The summed E-state index contributed by atoms with van der Waals surface area (Å²) in [7, 11) is 0. The van der Waals surface area contributed by atoms with E-state index in [1.807, 2.05) is 50.2 Å². The Hall–Kier alpha value is -1.88. The van der Waals surface area contributed by atoms with E-state index in [-0.39, 0.29) is 24.8 Å². The van der Waals surface area contributed by atoms with E-state index in [1.54, 1.807) is 6.08 Å². The number of rotatable bonds is 11. The van der Waals surface area contributed by atoms with Crippen LogP contribution in [0, 0.1) is 0 Å². The summed E-state index contributed by atoms with van der Waals surface area (Å²) in [6, 6.07) is 11.6. The second kappa shape index (κ2) is 13.4. The van der Waals surface area contributed by atoms with Crippen molar-refractivity contribution in [3.8, 4) is 11.5 Å². The fourth-order valence-electron chi connectivity index (χ4n) is 3.15. The van der Waals surface area contributed by atoms with Gasteiger partial charge in [-0.25, -0.2) is 0 Å². The van der Waals surface area contributed by atoms with E-state index < -0.39 is 0 Å². The molecule has 186 valence electrons. The fraction of sp³-hybridized carbons (Fsp3) is 0.320. The highest BCUT2D eigenvalue weighted by atomic mass is 79.9. The maximum Gasteiger partial charge on any atom is 0.307 e. The van der Waals surface area contributed by atoms with Gasteiger partial charge < -0.3 is 14.2 Å². The van der Waals surface area contributed by atoms with Crippen molar-refractivity contribution in [3.05, 3.63) is 61.4 Å². The Bertz CT molecular complexity index is 1120. The lowest BCUT2D eigenvalue weighted by atomic mass is 10.1. The van der Waals surface area contributed by atoms with Gasteiger partial charge in [-0.05, 0) is 70.7 Å². The first-order valence-corrected chi connectivity index (χ1v) is 13.9. The van der Waals surface area contributed by atoms with Crippen LogP contribution in [0.2, 0.25) is 0 Å². The Kier molecular flexibility index (Phi) is 10.6. The predicted octanol–water partition coefficient (Wildman–Crippen LogP) is 6.73. The average molecular weight is 643 g/mol. The van der Waals surface area contributed by atoms with Crippen LogP contribution < -0.4 is 9.47 Å². The molecule has 2 aromatic carbocycles. The minimum absolute atomic E-state index is 0.101. The summed E-state index contributed by atoms with van der Waals surface area (Å²) in [4.78, 5) is 26.7. The second-order valence-electron chi connectivity index (χ2n) is 7.48. The first kappa shape index (κ1) is 27.7. The molecular formula is C25H25Br2NO5S2. The number of thiocarbonyl (C=S) groups is 1. The first-order chi connectivity index (χ1) is 16.8. The zero-order valence-electron chi connectivity index (χ0n) is 19.3. The van der Waals surface area contributed by atoms with Crippen molar-refractivity contribution in [1.82, 2.24) is 4.90 Å². The highest BCUT2D eigenvalue weighted by Crippen LogP contribution is 2.40. The largest absolute Gasteiger partial charge is 0.490 e. The molecule has 0 N–H and O–H groups in total. The van der Waals surface area contributed by atoms with Crippen molar-refractivity contribution in [2.24, 2.45) is 0 Å². The van der Waals surface area contributed by atoms with E-state index in [2.05, 4.69) is 31.9 Å². The molecule has 1 heterocycles. The van der Waals surface area contributed by atoms with Gasteiger partial charge in [-0.1, -0.05) is 59.0 Å². The molecule has 0 aromatic heterocycles. The highest BCUT2D eigenvalue weighted by molar-refractivity contribution is 9.10. The summed E-state index contributed by atoms with van der Waals surface area (Å²) in [6.07, 6.45) is 2.62. The molecule has 3 rings (SSSR count). The molecule has 35 heavy (non-hydrogen) atoms. The lowest BCUT2D eigenvalue weighted by molar-refractivity contribution is -0.143. The van der Waals surface area contributed by atoms with Crippen molar-refractivity contribution in [2.75, 3.05) is 19.8 Å². The molecular weight excluding hydrogens is 618 g/mol. The molecule has 0 bridgehead atoms. The van der Waals surface area contributed by atoms with Gasteiger partial charge in [0.05, 0.1) is 29.0 Å². The van der Waals surface area contributed by atoms with Crippen LogP contribution in [0.25, 0.3) is 6.08 Å². The molecule has 0 saturated carbocycles. The average Bonchev–Trinajstić information content (AvgIpc) is 3.09. The number of amides is 1. The minimum Gasteiger partial charge on any atom is -0.490 e. The maximum absolute atomic E-state index is 12.9. The number of hydrogen-bond donors (Lipinski definition) is 0. The highest BCUT2D eigenvalue weighted by Gasteiger charge is 2.32. The van der Waals surface area contributed by atoms with Crippen molar-refractivity contribution >= 4 is 78.1 Å². The van der Waals surface area contributed by atoms with E-state index >= 15 is 0 Å². The van der Waals surface area contributed by atoms with Crippen LogP contribution in [0.15, 0.2) is 50.2 Å². The van der Waals surface area contributed by atoms with E-state index in [4.69, 9.17) is 26.4 Å². The van der Waals surface area contributed by atoms with Crippen LogP contribution in [0.3, 0.4) is 0 Å². The molecule has 1 aliphatic rings. The molecule has 1 fully saturated rings. The number of halogens is 2. The molecule has 1 saturated heterocycles. The number of carbonyl (C=O) groups excluding carboxylic acids is 2. The zero-order valence-corrected chi connectivity index (χ0v) is 24.1. The maximum atomic E-state index is 12.9. The Morgan fingerprint density at radius 3 is 2.57 bits per heavy atom. The SMILES string of the molecule is CCCOC(=O)CCN1C(=O)/C(=C\c2cc(Br)c(OCc3ccc(Br)cc3)c(OCC)c2)SC1=S. The molecule has 0 atom stereocenters. The van der Waals surface area contributed by atoms with Gasteiger partial charge in [0.25, 0.3) is 5.91 Å². The quantitative estimate of drug-likeness (QED) is 0.153. The number of ether oxygens (including phenoxy) is 3. The fourth-order valence-corrected chi connectivity index (χ4v) is 5.29. The van der Waals surface area contributed by atoms with E-state index in [0.717, 1.165) is 22.0 Å². The van der Waals surface area contributed by atoms with E-state index in [1.165, 1.54) is 16.7 Å². The Labute approximate surface area is 231 Å². The minimum atomic E-state index is -0.339. The van der Waals surface area contributed by atoms with E-state index in [0.29, 0.717) is 45.0 Å². The lowest BCUT2D eigenvalue weighted by Crippen LogP contribution is -2.30. The number of hydrogen-bond acceptors (Lipinski definition) is 7. The molecule has 10 heteroatoms. The van der Waals surface area contributed by atoms with Crippen LogP contribution in [0.5, 0.6) is 11.5 Å². The van der Waals surface area contributed by atoms with Gasteiger partial charge >= 0.3 is 5.97 Å². The summed E-state index contributed by atoms with van der Waals surface area (Å²) < 4.78 is 19.1. The second-order valence-corrected chi connectivity index (χ2v) is 10.9. The number of nitrogens with zero attached hydrogens (tertiary/aromatic N) is 1. The third-order valence-electron chi connectivity index (χ3n) is 4.81. The van der Waals surface area contributed by atoms with Crippen LogP contribution in [-0.2, 0) is 20.9 Å². The molecule has 1 amide bonds. The summed E-state index contributed by atoms with van der Waals surface area (Å²) in [5.74, 6) is 0.589. The molecule has 2 aromatic rings. The standard InChI is InChI=1S/C25H25Br2NO5S2/c1-3-11-32-22(29)9-10-28-24(30)21(35-25(28)34)14-17-12-19(27)23(20(13-17)31-4-2)33-15-16-5-7-18(26)8-6-16/h5-8,12-14H,3-4,9-11,15H2,1-2H3/b21-14+. The monoisotopic (exact) mass is 641 g/mol. The van der Waals surface area contributed by atoms with Crippen molar-refractivity contribution in [2.45, 2.75) is 33.3 Å². The summed E-state index contributed by atoms with van der Waals surface area (Å²) in [5.41, 5.74) is 1.79. The van der Waals surface area contributed by atoms with Crippen LogP contribution >= 0.6 is 55.8 Å². The smallest absolute Gasteiger partial charge is 0.307 e. The van der Waals surface area contributed by atoms with Gasteiger partial charge in [0.1, 0.15) is 10.9 Å². The molecule has 0 aliphatic carbocycles. The third-order valence-corrected chi connectivity index (χ3v) is 7.30. The van der Waals surface area contributed by atoms with Crippen molar-refractivity contribution < 1.29 is 23.8 Å². The summed E-state index contributed by atoms with van der Waals surface area (Å²) in [6.45, 7) is 5.23. The molecule has 0 spiro atoms. The number of esters is 1. The number of carbonyl (C=O) groups is 2. The van der Waals surface area contributed by atoms with E-state index in [9.17, 15) is 9.59 Å². The molecule has 6 nitrogen and oxygen atoms in total. The topological polar surface area (TPSA) is 65.1 Å². The third kappa shape index (κ3) is 7.80. The van der Waals surface area contributed by atoms with Crippen molar-refractivity contribution in [3.63, 3.8) is 0 Å². The van der Waals surface area contributed by atoms with Crippen LogP contribution in [-0.4, -0.2) is 40.9 Å². The Balaban J connectivity index is 1.74. The van der Waals surface area contributed by atoms with Crippen LogP contribution in [0.1, 0.15) is 37.8 Å². The van der Waals surface area contributed by atoms with Crippen molar-refractivity contribution in [1.29, 1.82) is 0 Å². The van der Waals surface area contributed by atoms with Gasteiger partial charge in [0.15, 0.2) is 11.5 Å². The lowest BCUT2D eigenvalue weighted by Gasteiger charge is -2.15. The van der Waals surface area contributed by atoms with Gasteiger partial charge in [0.2, 0.25) is 0 Å². The summed E-state index contributed by atoms with van der Waals surface area (Å²) >= 11 is 13.6. The number of benzene rings is 2. The van der Waals surface area contributed by atoms with Crippen LogP contribution in [0.4, 0.5) is 0 Å². The van der Waals surface area contributed by atoms with Gasteiger partial charge in [-0.3, -0.25) is 14.5 Å². The first-order valence-electron chi connectivity index (χ1n) is 11.1. The number of thioether (sulfide) groups is 1. The molecule has 1 aliphatic heterocycles. The Morgan fingerprint density at radius 1 is 1.14 bits per heavy atom. The normalized spacial score (nSPS) is 14.5. The predicted molar refractivity (Wildman–Crippen MR) is 150 cm³/mol. The summed E-state index contributed by atoms with van der Waals surface area (Å²) in [5, 5.41) is 0. The van der Waals surface area contributed by atoms with Gasteiger partial charge in [-0.2, -0.15) is 0 Å².